The molecule has 2 unspecified atom stereocenters. The molecule has 1 heterocycles. The summed E-state index contributed by atoms with van der Waals surface area (Å²) in [6, 6.07) is 8.74. The van der Waals surface area contributed by atoms with Gasteiger partial charge in [-0.3, -0.25) is 0 Å². The van der Waals surface area contributed by atoms with Gasteiger partial charge in [0.1, 0.15) is 0 Å². The Bertz CT molecular complexity index is 350. The molecule has 1 aliphatic heterocycles. The van der Waals surface area contributed by atoms with Crippen molar-refractivity contribution in [2.75, 3.05) is 20.1 Å². The number of nitrogens with one attached hydrogen (secondary N) is 1. The van der Waals surface area contributed by atoms with Gasteiger partial charge >= 0.3 is 0 Å². The smallest absolute Gasteiger partial charge is 0.0406 e. The molecule has 0 aliphatic carbocycles. The third-order valence-corrected chi connectivity index (χ3v) is 3.84. The molecule has 1 fully saturated rings. The Balaban J connectivity index is 1.83. The zero-order valence-corrected chi connectivity index (χ0v) is 11.4. The molecular weight excluding hydrogens is 232 g/mol. The van der Waals surface area contributed by atoms with Crippen LogP contribution in [0.1, 0.15) is 18.9 Å². The Hall–Kier alpha value is -0.570. The van der Waals surface area contributed by atoms with Crippen molar-refractivity contribution in [1.82, 2.24) is 10.2 Å². The third kappa shape index (κ3) is 3.70. The van der Waals surface area contributed by atoms with Gasteiger partial charge in [0.2, 0.25) is 0 Å². The first-order valence-electron chi connectivity index (χ1n) is 6.31. The summed E-state index contributed by atoms with van der Waals surface area (Å²) in [6.45, 7) is 5.66. The minimum atomic E-state index is 0.641. The van der Waals surface area contributed by atoms with E-state index in [2.05, 4.69) is 36.3 Å². The van der Waals surface area contributed by atoms with E-state index in [0.717, 1.165) is 17.5 Å². The van der Waals surface area contributed by atoms with E-state index in [1.54, 1.807) is 0 Å². The molecule has 94 valence electrons. The normalized spacial score (nSPS) is 26.1. The first kappa shape index (κ1) is 12.9. The van der Waals surface area contributed by atoms with E-state index in [0.29, 0.717) is 6.04 Å². The molecule has 1 aromatic rings. The molecule has 1 aliphatic rings. The summed E-state index contributed by atoms with van der Waals surface area (Å²) >= 11 is 5.87. The van der Waals surface area contributed by atoms with E-state index in [4.69, 9.17) is 11.6 Å². The number of nitrogens with zero attached hydrogens (tertiary/aromatic N) is 1. The molecule has 0 amide bonds. The highest BCUT2D eigenvalue weighted by atomic mass is 35.5. The fourth-order valence-electron chi connectivity index (χ4n) is 2.51. The van der Waals surface area contributed by atoms with Crippen LogP contribution in [0, 0.1) is 5.92 Å². The van der Waals surface area contributed by atoms with E-state index in [1.165, 1.54) is 25.1 Å². The Labute approximate surface area is 109 Å². The zero-order chi connectivity index (χ0) is 12.3. The largest absolute Gasteiger partial charge is 0.310 e. The maximum absolute atomic E-state index is 5.87. The molecule has 1 aromatic carbocycles. The van der Waals surface area contributed by atoms with E-state index < -0.39 is 0 Å². The van der Waals surface area contributed by atoms with Crippen LogP contribution in [0.4, 0.5) is 0 Å². The first-order valence-corrected chi connectivity index (χ1v) is 6.69. The van der Waals surface area contributed by atoms with Crippen LogP contribution in [0.15, 0.2) is 24.3 Å². The second kappa shape index (κ2) is 5.85. The molecule has 0 radical (unpaired) electrons. The van der Waals surface area contributed by atoms with Gasteiger partial charge < -0.3 is 10.2 Å². The molecule has 2 atom stereocenters. The molecule has 17 heavy (non-hydrogen) atoms. The summed E-state index contributed by atoms with van der Waals surface area (Å²) in [5, 5.41) is 4.46. The van der Waals surface area contributed by atoms with Crippen molar-refractivity contribution in [3.05, 3.63) is 34.9 Å². The van der Waals surface area contributed by atoms with Crippen molar-refractivity contribution in [3.63, 3.8) is 0 Å². The van der Waals surface area contributed by atoms with Gasteiger partial charge in [0.05, 0.1) is 0 Å². The summed E-state index contributed by atoms with van der Waals surface area (Å²) in [5.74, 6) is 0.723. The third-order valence-electron chi connectivity index (χ3n) is 3.59. The predicted octanol–water partition coefficient (Wildman–Crippen LogP) is 2.77. The van der Waals surface area contributed by atoms with Gasteiger partial charge in [0.25, 0.3) is 0 Å². The standard InChI is InChI=1S/C14H21ClN2/c1-11-10-17(2)8-7-14(11)16-9-12-3-5-13(15)6-4-12/h3-6,11,14,16H,7-10H2,1-2H3. The lowest BCUT2D eigenvalue weighted by molar-refractivity contribution is 0.174. The highest BCUT2D eigenvalue weighted by Gasteiger charge is 2.23. The van der Waals surface area contributed by atoms with Crippen LogP contribution in [0.3, 0.4) is 0 Å². The Morgan fingerprint density at radius 3 is 2.71 bits per heavy atom. The van der Waals surface area contributed by atoms with Gasteiger partial charge in [0.15, 0.2) is 0 Å². The number of likely N-dealkylation sites (tertiary alicyclic amines) is 1. The lowest BCUT2D eigenvalue weighted by Crippen LogP contribution is -2.46. The number of hydrogen-bond acceptors (Lipinski definition) is 2. The number of rotatable bonds is 3. The van der Waals surface area contributed by atoms with Crippen LogP contribution in [0.25, 0.3) is 0 Å². The molecule has 0 spiro atoms. The van der Waals surface area contributed by atoms with Crippen molar-refractivity contribution in [3.8, 4) is 0 Å². The number of halogens is 1. The monoisotopic (exact) mass is 252 g/mol. The van der Waals surface area contributed by atoms with Crippen LogP contribution in [-0.2, 0) is 6.54 Å². The molecular formula is C14H21ClN2. The highest BCUT2D eigenvalue weighted by Crippen LogP contribution is 2.16. The Morgan fingerprint density at radius 2 is 2.06 bits per heavy atom. The maximum Gasteiger partial charge on any atom is 0.0406 e. The quantitative estimate of drug-likeness (QED) is 0.890. The summed E-state index contributed by atoms with van der Waals surface area (Å²) in [4.78, 5) is 2.41. The van der Waals surface area contributed by atoms with E-state index in [9.17, 15) is 0 Å². The van der Waals surface area contributed by atoms with E-state index in [1.807, 2.05) is 12.1 Å². The van der Waals surface area contributed by atoms with Crippen LogP contribution < -0.4 is 5.32 Å². The zero-order valence-electron chi connectivity index (χ0n) is 10.6. The van der Waals surface area contributed by atoms with Crippen molar-refractivity contribution < 1.29 is 0 Å². The lowest BCUT2D eigenvalue weighted by atomic mass is 9.94. The van der Waals surface area contributed by atoms with E-state index in [-0.39, 0.29) is 0 Å². The Morgan fingerprint density at radius 1 is 1.35 bits per heavy atom. The summed E-state index contributed by atoms with van der Waals surface area (Å²) in [6.07, 6.45) is 1.24. The number of piperidine rings is 1. The summed E-state index contributed by atoms with van der Waals surface area (Å²) < 4.78 is 0. The van der Waals surface area contributed by atoms with Crippen molar-refractivity contribution in [1.29, 1.82) is 0 Å². The van der Waals surface area contributed by atoms with Gasteiger partial charge in [-0.15, -0.1) is 0 Å². The second-order valence-corrected chi connectivity index (χ2v) is 5.58. The van der Waals surface area contributed by atoms with Crippen LogP contribution in [0.5, 0.6) is 0 Å². The average Bonchev–Trinajstić information content (AvgIpc) is 2.30. The van der Waals surface area contributed by atoms with Crippen molar-refractivity contribution in [2.45, 2.75) is 25.9 Å². The highest BCUT2D eigenvalue weighted by molar-refractivity contribution is 6.30. The lowest BCUT2D eigenvalue weighted by Gasteiger charge is -2.35. The minimum absolute atomic E-state index is 0.641. The topological polar surface area (TPSA) is 15.3 Å². The number of hydrogen-bond donors (Lipinski definition) is 1. The van der Waals surface area contributed by atoms with Gasteiger partial charge in [0, 0.05) is 24.2 Å². The SMILES string of the molecule is CC1CN(C)CCC1NCc1ccc(Cl)cc1. The van der Waals surface area contributed by atoms with Gasteiger partial charge in [-0.05, 0) is 43.6 Å². The molecule has 0 saturated carbocycles. The first-order chi connectivity index (χ1) is 8.15. The predicted molar refractivity (Wildman–Crippen MR) is 73.4 cm³/mol. The van der Waals surface area contributed by atoms with Crippen molar-refractivity contribution in [2.24, 2.45) is 5.92 Å². The van der Waals surface area contributed by atoms with Gasteiger partial charge in [-0.25, -0.2) is 0 Å². The average molecular weight is 253 g/mol. The fourth-order valence-corrected chi connectivity index (χ4v) is 2.63. The van der Waals surface area contributed by atoms with E-state index >= 15 is 0 Å². The molecule has 3 heteroatoms. The molecule has 2 nitrogen and oxygen atoms in total. The minimum Gasteiger partial charge on any atom is -0.310 e. The molecule has 2 rings (SSSR count). The molecule has 0 aromatic heterocycles. The fraction of sp³-hybridized carbons (Fsp3) is 0.571. The van der Waals surface area contributed by atoms with Crippen LogP contribution in [-0.4, -0.2) is 31.1 Å². The summed E-state index contributed by atoms with van der Waals surface area (Å²) in [5.41, 5.74) is 1.31. The number of benzene rings is 1. The molecule has 0 bridgehead atoms. The van der Waals surface area contributed by atoms with Crippen LogP contribution >= 0.6 is 11.6 Å². The Kier molecular flexibility index (Phi) is 4.43. The van der Waals surface area contributed by atoms with Crippen LogP contribution in [0.2, 0.25) is 5.02 Å². The second-order valence-electron chi connectivity index (χ2n) is 5.14. The maximum atomic E-state index is 5.87. The van der Waals surface area contributed by atoms with Crippen molar-refractivity contribution >= 4 is 11.6 Å². The summed E-state index contributed by atoms with van der Waals surface area (Å²) in [7, 11) is 2.20. The van der Waals surface area contributed by atoms with Gasteiger partial charge in [-0.1, -0.05) is 30.7 Å². The molecule has 1 saturated heterocycles. The van der Waals surface area contributed by atoms with Gasteiger partial charge in [-0.2, -0.15) is 0 Å². The molecule has 1 N–H and O–H groups in total.